The topological polar surface area (TPSA) is 90.3 Å². The highest BCUT2D eigenvalue weighted by Gasteiger charge is 2.19. The van der Waals surface area contributed by atoms with Gasteiger partial charge in [0.05, 0.1) is 34.2 Å². The molecule has 7 heteroatoms. The molecule has 2 aromatic carbocycles. The minimum absolute atomic E-state index is 0.158. The molecule has 0 saturated heterocycles. The summed E-state index contributed by atoms with van der Waals surface area (Å²) in [6.45, 7) is 1.81. The van der Waals surface area contributed by atoms with Gasteiger partial charge in [-0.15, -0.1) is 6.42 Å². The van der Waals surface area contributed by atoms with Crippen LogP contribution in [0.25, 0.3) is 33.4 Å². The fourth-order valence-electron chi connectivity index (χ4n) is 3.01. The van der Waals surface area contributed by atoms with Crippen LogP contribution in [0.4, 0.5) is 5.82 Å². The summed E-state index contributed by atoms with van der Waals surface area (Å²) in [7, 11) is 0. The number of H-pyrrole nitrogens is 1. The van der Waals surface area contributed by atoms with Gasteiger partial charge < -0.3 is 5.32 Å². The fourth-order valence-corrected chi connectivity index (χ4v) is 3.28. The van der Waals surface area contributed by atoms with E-state index in [0.717, 1.165) is 22.0 Å². The van der Waals surface area contributed by atoms with Crippen LogP contribution in [0.3, 0.4) is 0 Å². The Labute approximate surface area is 172 Å². The van der Waals surface area contributed by atoms with Crippen molar-refractivity contribution < 1.29 is 0 Å². The Morgan fingerprint density at radius 2 is 1.90 bits per heavy atom. The number of aromatic nitrogens is 4. The maximum absolute atomic E-state index is 9.64. The van der Waals surface area contributed by atoms with Gasteiger partial charge in [-0.05, 0) is 19.1 Å². The number of hydrogen-bond acceptors (Lipinski definition) is 5. The number of hydrogen-bond donors (Lipinski definition) is 2. The van der Waals surface area contributed by atoms with E-state index in [-0.39, 0.29) is 11.7 Å². The normalized spacial score (nSPS) is 11.6. The molecule has 2 aromatic heterocycles. The molecule has 0 amide bonds. The number of terminal acetylenes is 1. The lowest BCUT2D eigenvalue weighted by atomic mass is 10.0. The van der Waals surface area contributed by atoms with Gasteiger partial charge in [0.1, 0.15) is 6.07 Å². The van der Waals surface area contributed by atoms with Gasteiger partial charge in [-0.1, -0.05) is 47.9 Å². The first kappa shape index (κ1) is 18.5. The highest BCUT2D eigenvalue weighted by Crippen LogP contribution is 2.35. The van der Waals surface area contributed by atoms with E-state index in [9.17, 15) is 5.26 Å². The lowest BCUT2D eigenvalue weighted by molar-refractivity contribution is 1.00. The fraction of sp³-hybridized carbons (Fsp3) is 0.0909. The molecule has 0 aliphatic carbocycles. The first-order valence-electron chi connectivity index (χ1n) is 8.84. The Balaban J connectivity index is 1.98. The number of nitrogens with one attached hydrogen (secondary N) is 2. The van der Waals surface area contributed by atoms with Gasteiger partial charge in [0.2, 0.25) is 0 Å². The lowest BCUT2D eigenvalue weighted by Crippen LogP contribution is -2.16. The maximum atomic E-state index is 9.64. The monoisotopic (exact) mass is 398 g/mol. The summed E-state index contributed by atoms with van der Waals surface area (Å²) >= 11 is 6.43. The summed E-state index contributed by atoms with van der Waals surface area (Å²) < 4.78 is 0. The third kappa shape index (κ3) is 3.50. The first-order valence-corrected chi connectivity index (χ1v) is 9.21. The van der Waals surface area contributed by atoms with Crippen molar-refractivity contribution in [2.24, 2.45) is 0 Å². The van der Waals surface area contributed by atoms with Gasteiger partial charge in [-0.2, -0.15) is 10.4 Å². The van der Waals surface area contributed by atoms with Crippen LogP contribution in [0.2, 0.25) is 5.02 Å². The van der Waals surface area contributed by atoms with Crippen LogP contribution in [-0.2, 0) is 0 Å². The number of benzene rings is 2. The van der Waals surface area contributed by atoms with Crippen molar-refractivity contribution in [3.05, 3.63) is 59.4 Å². The van der Waals surface area contributed by atoms with Gasteiger partial charge in [0.25, 0.3) is 0 Å². The van der Waals surface area contributed by atoms with E-state index in [1.807, 2.05) is 43.3 Å². The molecule has 0 fully saturated rings. The summed E-state index contributed by atoms with van der Waals surface area (Å²) in [5.41, 5.74) is 3.67. The van der Waals surface area contributed by atoms with Crippen LogP contribution in [0.15, 0.2) is 48.7 Å². The minimum atomic E-state index is -0.303. The number of aromatic amines is 1. The predicted molar refractivity (Wildman–Crippen MR) is 114 cm³/mol. The van der Waals surface area contributed by atoms with E-state index in [2.05, 4.69) is 32.5 Å². The van der Waals surface area contributed by atoms with Crippen molar-refractivity contribution in [1.82, 2.24) is 20.2 Å². The van der Waals surface area contributed by atoms with Gasteiger partial charge in [-0.25, -0.2) is 9.97 Å². The molecule has 140 valence electrons. The predicted octanol–water partition coefficient (Wildman–Crippen LogP) is 4.65. The third-order valence-corrected chi connectivity index (χ3v) is 4.72. The molecule has 0 aliphatic rings. The van der Waals surface area contributed by atoms with E-state index in [1.54, 1.807) is 12.3 Å². The summed E-state index contributed by atoms with van der Waals surface area (Å²) in [6, 6.07) is 15.1. The molecular formula is C22H15ClN6. The van der Waals surface area contributed by atoms with Crippen LogP contribution in [0.1, 0.15) is 12.6 Å². The van der Waals surface area contributed by atoms with Crippen molar-refractivity contribution in [2.75, 3.05) is 5.32 Å². The molecule has 0 aliphatic heterocycles. The van der Waals surface area contributed by atoms with Gasteiger partial charge in [0, 0.05) is 16.5 Å². The number of nitriles is 1. The number of halogens is 1. The smallest absolute Gasteiger partial charge is 0.183 e. The van der Waals surface area contributed by atoms with Crippen molar-refractivity contribution in [1.29, 1.82) is 5.26 Å². The number of fused-ring (bicyclic) bond motifs is 1. The highest BCUT2D eigenvalue weighted by atomic mass is 35.5. The minimum Gasteiger partial charge on any atom is -0.354 e. The van der Waals surface area contributed by atoms with E-state index in [0.29, 0.717) is 22.2 Å². The van der Waals surface area contributed by atoms with E-state index in [4.69, 9.17) is 23.0 Å². The highest BCUT2D eigenvalue weighted by molar-refractivity contribution is 6.35. The van der Waals surface area contributed by atoms with Crippen LogP contribution in [0, 0.1) is 23.7 Å². The SMILES string of the molecule is C#CC(C)Nc1nc(-c2ccccc2)c(-c2cc(Cl)c3[nH]ncc3c2)nc1C#N. The molecule has 6 nitrogen and oxygen atoms in total. The summed E-state index contributed by atoms with van der Waals surface area (Å²) in [5, 5.41) is 21.0. The Morgan fingerprint density at radius 3 is 2.62 bits per heavy atom. The molecule has 0 spiro atoms. The standard InChI is InChI=1S/C22H15ClN6/c1-3-13(2)26-22-18(11-24)27-21(20(28-22)14-7-5-4-6-8-14)15-9-16-12-25-29-19(16)17(23)10-15/h1,4-10,12-13H,2H3,(H,25,29)(H,26,28). The second-order valence-electron chi connectivity index (χ2n) is 6.42. The van der Waals surface area contributed by atoms with Crippen molar-refractivity contribution in [3.63, 3.8) is 0 Å². The molecule has 4 rings (SSSR count). The zero-order valence-corrected chi connectivity index (χ0v) is 16.2. The maximum Gasteiger partial charge on any atom is 0.183 e. The Kier molecular flexibility index (Phi) is 4.87. The number of rotatable bonds is 4. The molecular weight excluding hydrogens is 384 g/mol. The average molecular weight is 399 g/mol. The zero-order valence-electron chi connectivity index (χ0n) is 15.4. The molecule has 29 heavy (non-hydrogen) atoms. The number of anilines is 1. The van der Waals surface area contributed by atoms with Gasteiger partial charge >= 0.3 is 0 Å². The lowest BCUT2D eigenvalue weighted by Gasteiger charge is -2.15. The largest absolute Gasteiger partial charge is 0.354 e. The van der Waals surface area contributed by atoms with Crippen LogP contribution < -0.4 is 5.32 Å². The molecule has 0 bridgehead atoms. The number of nitrogens with zero attached hydrogens (tertiary/aromatic N) is 4. The van der Waals surface area contributed by atoms with E-state index >= 15 is 0 Å². The zero-order chi connectivity index (χ0) is 20.4. The third-order valence-electron chi connectivity index (χ3n) is 4.43. The molecule has 2 heterocycles. The Morgan fingerprint density at radius 1 is 1.14 bits per heavy atom. The average Bonchev–Trinajstić information content (AvgIpc) is 3.23. The van der Waals surface area contributed by atoms with Crippen molar-refractivity contribution in [3.8, 4) is 40.9 Å². The van der Waals surface area contributed by atoms with Crippen molar-refractivity contribution >= 4 is 28.3 Å². The van der Waals surface area contributed by atoms with Gasteiger partial charge in [0.15, 0.2) is 11.5 Å². The molecule has 0 saturated carbocycles. The Bertz CT molecular complexity index is 1280. The van der Waals surface area contributed by atoms with E-state index < -0.39 is 0 Å². The van der Waals surface area contributed by atoms with Crippen LogP contribution in [-0.4, -0.2) is 26.2 Å². The summed E-state index contributed by atoms with van der Waals surface area (Å²) in [5.74, 6) is 2.92. The molecule has 1 unspecified atom stereocenters. The quantitative estimate of drug-likeness (QED) is 0.488. The van der Waals surface area contributed by atoms with Gasteiger partial charge in [-0.3, -0.25) is 5.10 Å². The summed E-state index contributed by atoms with van der Waals surface area (Å²) in [4.78, 5) is 9.33. The molecule has 2 N–H and O–H groups in total. The second kappa shape index (κ2) is 7.63. The van der Waals surface area contributed by atoms with Crippen molar-refractivity contribution in [2.45, 2.75) is 13.0 Å². The Hall–Kier alpha value is -3.87. The second-order valence-corrected chi connectivity index (χ2v) is 6.83. The van der Waals surface area contributed by atoms with Crippen LogP contribution >= 0.6 is 11.6 Å². The van der Waals surface area contributed by atoms with Crippen LogP contribution in [0.5, 0.6) is 0 Å². The molecule has 0 radical (unpaired) electrons. The molecule has 4 aromatic rings. The van der Waals surface area contributed by atoms with E-state index in [1.165, 1.54) is 0 Å². The molecule has 1 atom stereocenters. The first-order chi connectivity index (χ1) is 14.1. The summed E-state index contributed by atoms with van der Waals surface area (Å²) in [6.07, 6.45) is 7.16.